The molecule has 6 nitrogen and oxygen atoms in total. The largest absolute Gasteiger partial charge is 0.327 e. The van der Waals surface area contributed by atoms with Crippen LogP contribution in [0.3, 0.4) is 0 Å². The molecule has 0 radical (unpaired) electrons. The van der Waals surface area contributed by atoms with Gasteiger partial charge in [-0.1, -0.05) is 19.4 Å². The molecular formula is C14H23N3O3S. The minimum absolute atomic E-state index is 0.115. The van der Waals surface area contributed by atoms with Crippen molar-refractivity contribution < 1.29 is 13.2 Å². The van der Waals surface area contributed by atoms with Gasteiger partial charge in [0.25, 0.3) is 0 Å². The maximum atomic E-state index is 11.9. The number of carbonyl (C=O) groups excluding carboxylic acids is 1. The zero-order valence-corrected chi connectivity index (χ0v) is 13.5. The first kappa shape index (κ1) is 17.6. The number of nitrogens with two attached hydrogens (primary N) is 1. The Balaban J connectivity index is 2.88. The highest BCUT2D eigenvalue weighted by Crippen LogP contribution is 2.20. The molecule has 0 heterocycles. The van der Waals surface area contributed by atoms with E-state index >= 15 is 0 Å². The Morgan fingerprint density at radius 2 is 2.05 bits per heavy atom. The van der Waals surface area contributed by atoms with Crippen molar-refractivity contribution in [3.8, 4) is 0 Å². The van der Waals surface area contributed by atoms with Crippen molar-refractivity contribution in [2.75, 3.05) is 12.4 Å². The number of aryl methyl sites for hydroxylation is 1. The lowest BCUT2D eigenvalue weighted by Gasteiger charge is -2.13. The molecule has 1 rings (SSSR count). The predicted molar refractivity (Wildman–Crippen MR) is 83.6 cm³/mol. The van der Waals surface area contributed by atoms with Gasteiger partial charge in [0.1, 0.15) is 0 Å². The molecular weight excluding hydrogens is 290 g/mol. The maximum absolute atomic E-state index is 11.9. The fraction of sp³-hybridized carbons (Fsp3) is 0.500. The zero-order chi connectivity index (χ0) is 16.0. The molecule has 0 saturated carbocycles. The van der Waals surface area contributed by atoms with Crippen molar-refractivity contribution in [1.82, 2.24) is 4.72 Å². The van der Waals surface area contributed by atoms with E-state index in [9.17, 15) is 13.2 Å². The zero-order valence-electron chi connectivity index (χ0n) is 12.6. The highest BCUT2D eigenvalue weighted by atomic mass is 32.2. The molecule has 7 heteroatoms. The van der Waals surface area contributed by atoms with E-state index in [1.807, 2.05) is 6.92 Å². The normalized spacial score (nSPS) is 13.0. The molecule has 4 N–H and O–H groups in total. The second kappa shape index (κ2) is 7.53. The van der Waals surface area contributed by atoms with Crippen LogP contribution in [0.1, 0.15) is 31.7 Å². The average molecular weight is 313 g/mol. The predicted octanol–water partition coefficient (Wildman–Crippen LogP) is 1.36. The third-order valence-corrected chi connectivity index (χ3v) is 4.58. The van der Waals surface area contributed by atoms with Gasteiger partial charge in [0.05, 0.1) is 4.90 Å². The number of sulfonamides is 1. The van der Waals surface area contributed by atoms with Gasteiger partial charge < -0.3 is 11.1 Å². The smallest absolute Gasteiger partial charge is 0.240 e. The van der Waals surface area contributed by atoms with Crippen LogP contribution in [0.4, 0.5) is 5.69 Å². The summed E-state index contributed by atoms with van der Waals surface area (Å²) in [5.41, 5.74) is 7.11. The Morgan fingerprint density at radius 3 is 2.62 bits per heavy atom. The van der Waals surface area contributed by atoms with E-state index in [4.69, 9.17) is 5.73 Å². The van der Waals surface area contributed by atoms with Crippen LogP contribution in [0.25, 0.3) is 0 Å². The lowest BCUT2D eigenvalue weighted by molar-refractivity contribution is -0.116. The summed E-state index contributed by atoms with van der Waals surface area (Å²) in [4.78, 5) is 12.0. The van der Waals surface area contributed by atoms with Gasteiger partial charge in [0, 0.05) is 18.2 Å². The molecule has 0 fully saturated rings. The van der Waals surface area contributed by atoms with Crippen molar-refractivity contribution in [2.45, 2.75) is 44.0 Å². The fourth-order valence-electron chi connectivity index (χ4n) is 1.93. The first-order valence-corrected chi connectivity index (χ1v) is 8.38. The van der Waals surface area contributed by atoms with Crippen molar-refractivity contribution in [3.05, 3.63) is 23.8 Å². The number of anilines is 1. The molecule has 0 aliphatic rings. The minimum atomic E-state index is -3.53. The second-order valence-corrected chi connectivity index (χ2v) is 6.87. The van der Waals surface area contributed by atoms with Crippen LogP contribution in [-0.2, 0) is 14.8 Å². The molecule has 0 aliphatic carbocycles. The van der Waals surface area contributed by atoms with Crippen LogP contribution in [-0.4, -0.2) is 27.4 Å². The van der Waals surface area contributed by atoms with Crippen molar-refractivity contribution in [2.24, 2.45) is 5.73 Å². The topological polar surface area (TPSA) is 101 Å². The number of carbonyl (C=O) groups is 1. The molecule has 1 atom stereocenters. The summed E-state index contributed by atoms with van der Waals surface area (Å²) in [6.45, 7) is 3.81. The molecule has 1 aromatic rings. The third-order valence-electron chi connectivity index (χ3n) is 3.17. The maximum Gasteiger partial charge on any atom is 0.240 e. The Hall–Kier alpha value is -1.44. The molecule has 1 unspecified atom stereocenters. The van der Waals surface area contributed by atoms with E-state index in [2.05, 4.69) is 10.0 Å². The van der Waals surface area contributed by atoms with E-state index in [1.165, 1.54) is 19.2 Å². The van der Waals surface area contributed by atoms with E-state index in [0.717, 1.165) is 18.4 Å². The van der Waals surface area contributed by atoms with Gasteiger partial charge in [-0.2, -0.15) is 0 Å². The highest BCUT2D eigenvalue weighted by molar-refractivity contribution is 7.89. The minimum Gasteiger partial charge on any atom is -0.327 e. The van der Waals surface area contributed by atoms with Gasteiger partial charge in [-0.3, -0.25) is 4.79 Å². The highest BCUT2D eigenvalue weighted by Gasteiger charge is 2.15. The Morgan fingerprint density at radius 1 is 1.38 bits per heavy atom. The Bertz CT molecular complexity index is 599. The number of amides is 1. The molecule has 118 valence electrons. The van der Waals surface area contributed by atoms with Gasteiger partial charge in [0.2, 0.25) is 15.9 Å². The van der Waals surface area contributed by atoms with Crippen LogP contribution in [0.15, 0.2) is 23.1 Å². The molecule has 0 aromatic heterocycles. The average Bonchev–Trinajstić information content (AvgIpc) is 2.41. The van der Waals surface area contributed by atoms with Crippen molar-refractivity contribution >= 4 is 21.6 Å². The molecule has 21 heavy (non-hydrogen) atoms. The van der Waals surface area contributed by atoms with Crippen LogP contribution < -0.4 is 15.8 Å². The van der Waals surface area contributed by atoms with Crippen molar-refractivity contribution in [1.29, 1.82) is 0 Å². The van der Waals surface area contributed by atoms with E-state index < -0.39 is 10.0 Å². The summed E-state index contributed by atoms with van der Waals surface area (Å²) < 4.78 is 25.8. The Kier molecular flexibility index (Phi) is 6.32. The summed E-state index contributed by atoms with van der Waals surface area (Å²) in [6, 6.07) is 4.43. The first-order valence-electron chi connectivity index (χ1n) is 6.89. The number of rotatable bonds is 7. The lowest BCUT2D eigenvalue weighted by Crippen LogP contribution is -2.27. The molecule has 0 spiro atoms. The number of hydrogen-bond donors (Lipinski definition) is 3. The lowest BCUT2D eigenvalue weighted by atomic mass is 10.1. The number of nitrogens with one attached hydrogen (secondary N) is 2. The quantitative estimate of drug-likeness (QED) is 0.707. The monoisotopic (exact) mass is 313 g/mol. The molecule has 1 amide bonds. The molecule has 0 bridgehead atoms. The van der Waals surface area contributed by atoms with Gasteiger partial charge in [-0.15, -0.1) is 0 Å². The summed E-state index contributed by atoms with van der Waals surface area (Å²) in [5.74, 6) is -0.210. The van der Waals surface area contributed by atoms with Gasteiger partial charge >= 0.3 is 0 Å². The van der Waals surface area contributed by atoms with Gasteiger partial charge in [-0.05, 0) is 38.1 Å². The summed E-state index contributed by atoms with van der Waals surface area (Å²) in [5, 5.41) is 2.72. The van der Waals surface area contributed by atoms with E-state index in [0.29, 0.717) is 5.69 Å². The van der Waals surface area contributed by atoms with Crippen LogP contribution in [0, 0.1) is 6.92 Å². The number of hydrogen-bond acceptors (Lipinski definition) is 4. The van der Waals surface area contributed by atoms with Gasteiger partial charge in [-0.25, -0.2) is 13.1 Å². The molecule has 0 saturated heterocycles. The van der Waals surface area contributed by atoms with Crippen LogP contribution in [0.2, 0.25) is 0 Å². The van der Waals surface area contributed by atoms with Crippen molar-refractivity contribution in [3.63, 3.8) is 0 Å². The Labute approximate surface area is 126 Å². The fourth-order valence-corrected chi connectivity index (χ4v) is 2.69. The van der Waals surface area contributed by atoms with Gasteiger partial charge in [0.15, 0.2) is 0 Å². The standard InChI is InChI=1S/C14H23N3O3S/c1-4-5-11(15)8-14(18)17-13-9-12(7-6-10(13)2)21(19,20)16-3/h6-7,9,11,16H,4-5,8,15H2,1-3H3,(H,17,18). The third kappa shape index (κ3) is 5.11. The summed E-state index contributed by atoms with van der Waals surface area (Å²) in [7, 11) is -2.19. The SMILES string of the molecule is CCCC(N)CC(=O)Nc1cc(S(=O)(=O)NC)ccc1C. The van der Waals surface area contributed by atoms with E-state index in [-0.39, 0.29) is 23.3 Å². The van der Waals surface area contributed by atoms with Crippen LogP contribution >= 0.6 is 0 Å². The summed E-state index contributed by atoms with van der Waals surface area (Å²) in [6.07, 6.45) is 1.92. The molecule has 0 aliphatic heterocycles. The first-order chi connectivity index (χ1) is 9.80. The van der Waals surface area contributed by atoms with Crippen LogP contribution in [0.5, 0.6) is 0 Å². The van der Waals surface area contributed by atoms with E-state index in [1.54, 1.807) is 13.0 Å². The molecule has 1 aromatic carbocycles. The second-order valence-electron chi connectivity index (χ2n) is 4.99. The summed E-state index contributed by atoms with van der Waals surface area (Å²) >= 11 is 0. The number of benzene rings is 1.